The molecule has 0 fully saturated rings. The zero-order valence-corrected chi connectivity index (χ0v) is 12.3. The minimum absolute atomic E-state index is 0.279. The van der Waals surface area contributed by atoms with Crippen molar-refractivity contribution in [2.45, 2.75) is 30.7 Å². The molecule has 1 N–H and O–H groups in total. The summed E-state index contributed by atoms with van der Waals surface area (Å²) < 4.78 is 40.2. The summed E-state index contributed by atoms with van der Waals surface area (Å²) in [5, 5.41) is 8.93. The molecule has 1 rings (SSSR count). The third kappa shape index (κ3) is 3.28. The lowest BCUT2D eigenvalue weighted by molar-refractivity contribution is 0.489. The summed E-state index contributed by atoms with van der Waals surface area (Å²) in [4.78, 5) is -0.472. The summed E-state index contributed by atoms with van der Waals surface area (Å²) in [5.74, 6) is -0.867. The Morgan fingerprint density at radius 3 is 2.61 bits per heavy atom. The monoisotopic (exact) mass is 334 g/mol. The van der Waals surface area contributed by atoms with Crippen molar-refractivity contribution in [3.8, 4) is 6.07 Å². The Bertz CT molecular complexity index is 598. The van der Waals surface area contributed by atoms with Crippen molar-refractivity contribution in [3.63, 3.8) is 0 Å². The minimum Gasteiger partial charge on any atom is -0.207 e. The number of nitrogens with one attached hydrogen (secondary N) is 1. The van der Waals surface area contributed by atoms with E-state index in [1.54, 1.807) is 6.92 Å². The SMILES string of the molecule is CCC(C)(C#N)NS(=O)(=O)c1ccc(Br)cc1F. The van der Waals surface area contributed by atoms with E-state index in [1.807, 2.05) is 6.07 Å². The Balaban J connectivity index is 3.20. The highest BCUT2D eigenvalue weighted by Crippen LogP contribution is 2.21. The van der Waals surface area contributed by atoms with E-state index in [-0.39, 0.29) is 6.42 Å². The van der Waals surface area contributed by atoms with Gasteiger partial charge in [-0.3, -0.25) is 0 Å². The number of rotatable bonds is 4. The quantitative estimate of drug-likeness (QED) is 0.919. The summed E-state index contributed by atoms with van der Waals surface area (Å²) in [5.41, 5.74) is -1.25. The van der Waals surface area contributed by atoms with Gasteiger partial charge in [0, 0.05) is 4.47 Å². The number of nitrogens with zero attached hydrogens (tertiary/aromatic N) is 1. The molecule has 1 aromatic carbocycles. The van der Waals surface area contributed by atoms with Gasteiger partial charge in [0.2, 0.25) is 10.0 Å². The van der Waals surface area contributed by atoms with Crippen LogP contribution in [-0.4, -0.2) is 14.0 Å². The Morgan fingerprint density at radius 1 is 1.56 bits per heavy atom. The maximum absolute atomic E-state index is 13.6. The highest BCUT2D eigenvalue weighted by atomic mass is 79.9. The molecular formula is C11H12BrFN2O2S. The number of sulfonamides is 1. The van der Waals surface area contributed by atoms with Gasteiger partial charge in [0.15, 0.2) is 0 Å². The molecule has 0 bridgehead atoms. The van der Waals surface area contributed by atoms with Crippen LogP contribution in [0.5, 0.6) is 0 Å². The first-order valence-electron chi connectivity index (χ1n) is 5.14. The van der Waals surface area contributed by atoms with Crippen LogP contribution >= 0.6 is 15.9 Å². The highest BCUT2D eigenvalue weighted by Gasteiger charge is 2.30. The summed E-state index contributed by atoms with van der Waals surface area (Å²) >= 11 is 3.04. The summed E-state index contributed by atoms with van der Waals surface area (Å²) in [6.45, 7) is 3.12. The normalized spacial score (nSPS) is 14.8. The fraction of sp³-hybridized carbons (Fsp3) is 0.364. The Morgan fingerprint density at radius 2 is 2.17 bits per heavy atom. The van der Waals surface area contributed by atoms with Gasteiger partial charge in [-0.15, -0.1) is 0 Å². The number of hydrogen-bond donors (Lipinski definition) is 1. The molecule has 1 aromatic rings. The Hall–Kier alpha value is -0.970. The van der Waals surface area contributed by atoms with Crippen LogP contribution in [-0.2, 0) is 10.0 Å². The molecule has 1 unspecified atom stereocenters. The number of benzene rings is 1. The molecule has 98 valence electrons. The van der Waals surface area contributed by atoms with Gasteiger partial charge in [-0.25, -0.2) is 12.8 Å². The zero-order valence-electron chi connectivity index (χ0n) is 9.87. The fourth-order valence-corrected chi connectivity index (χ4v) is 3.01. The lowest BCUT2D eigenvalue weighted by atomic mass is 10.0. The van der Waals surface area contributed by atoms with E-state index in [1.165, 1.54) is 13.0 Å². The lowest BCUT2D eigenvalue weighted by Gasteiger charge is -2.21. The van der Waals surface area contributed by atoms with Crippen molar-refractivity contribution < 1.29 is 12.8 Å². The first kappa shape index (κ1) is 15.1. The maximum atomic E-state index is 13.6. The lowest BCUT2D eigenvalue weighted by Crippen LogP contribution is -2.44. The molecule has 4 nitrogen and oxygen atoms in total. The minimum atomic E-state index is -4.06. The molecule has 18 heavy (non-hydrogen) atoms. The summed E-state index contributed by atoms with van der Waals surface area (Å²) in [6, 6.07) is 5.49. The van der Waals surface area contributed by atoms with Crippen molar-refractivity contribution in [3.05, 3.63) is 28.5 Å². The second-order valence-electron chi connectivity index (χ2n) is 3.98. The van der Waals surface area contributed by atoms with E-state index in [2.05, 4.69) is 20.7 Å². The predicted octanol–water partition coefficient (Wildman–Crippen LogP) is 2.56. The van der Waals surface area contributed by atoms with Crippen LogP contribution in [0.15, 0.2) is 27.6 Å². The molecule has 0 aliphatic carbocycles. The summed E-state index contributed by atoms with van der Waals surface area (Å²) in [6.07, 6.45) is 0.279. The average molecular weight is 335 g/mol. The fourth-order valence-electron chi connectivity index (χ4n) is 1.22. The van der Waals surface area contributed by atoms with Crippen LogP contribution < -0.4 is 4.72 Å². The van der Waals surface area contributed by atoms with Gasteiger partial charge in [-0.2, -0.15) is 9.98 Å². The largest absolute Gasteiger partial charge is 0.244 e. The van der Waals surface area contributed by atoms with Crippen molar-refractivity contribution in [2.24, 2.45) is 0 Å². The van der Waals surface area contributed by atoms with E-state index in [9.17, 15) is 12.8 Å². The van der Waals surface area contributed by atoms with Crippen molar-refractivity contribution >= 4 is 26.0 Å². The van der Waals surface area contributed by atoms with Gasteiger partial charge < -0.3 is 0 Å². The van der Waals surface area contributed by atoms with E-state index in [4.69, 9.17) is 5.26 Å². The number of halogens is 2. The molecule has 0 radical (unpaired) electrons. The van der Waals surface area contributed by atoms with Crippen molar-refractivity contribution in [2.75, 3.05) is 0 Å². The number of hydrogen-bond acceptors (Lipinski definition) is 3. The van der Waals surface area contributed by atoms with Crippen LogP contribution in [0.4, 0.5) is 4.39 Å². The molecule has 0 amide bonds. The number of nitriles is 1. The van der Waals surface area contributed by atoms with Gasteiger partial charge in [0.25, 0.3) is 0 Å². The molecule has 0 heterocycles. The van der Waals surface area contributed by atoms with E-state index < -0.39 is 26.3 Å². The molecule has 0 aromatic heterocycles. The Kier molecular flexibility index (Phi) is 4.48. The van der Waals surface area contributed by atoms with Crippen molar-refractivity contribution in [1.82, 2.24) is 4.72 Å². The topological polar surface area (TPSA) is 70.0 Å². The second kappa shape index (κ2) is 5.34. The molecule has 0 saturated heterocycles. The zero-order chi connectivity index (χ0) is 14.0. The third-order valence-corrected chi connectivity index (χ3v) is 4.62. The second-order valence-corrected chi connectivity index (χ2v) is 6.54. The van der Waals surface area contributed by atoms with E-state index >= 15 is 0 Å². The maximum Gasteiger partial charge on any atom is 0.244 e. The highest BCUT2D eigenvalue weighted by molar-refractivity contribution is 9.10. The van der Waals surface area contributed by atoms with Crippen LogP contribution in [0.2, 0.25) is 0 Å². The smallest absolute Gasteiger partial charge is 0.207 e. The molecule has 0 spiro atoms. The first-order chi connectivity index (χ1) is 8.24. The summed E-state index contributed by atoms with van der Waals surface area (Å²) in [7, 11) is -4.06. The van der Waals surface area contributed by atoms with Crippen LogP contribution in [0.1, 0.15) is 20.3 Å². The van der Waals surface area contributed by atoms with Gasteiger partial charge in [0.1, 0.15) is 16.3 Å². The van der Waals surface area contributed by atoms with Gasteiger partial charge >= 0.3 is 0 Å². The molecule has 1 atom stereocenters. The van der Waals surface area contributed by atoms with Crippen molar-refractivity contribution in [1.29, 1.82) is 5.26 Å². The van der Waals surface area contributed by atoms with Gasteiger partial charge in [0.05, 0.1) is 6.07 Å². The van der Waals surface area contributed by atoms with E-state index in [0.29, 0.717) is 4.47 Å². The van der Waals surface area contributed by atoms with Gasteiger partial charge in [-0.1, -0.05) is 22.9 Å². The molecule has 0 aliphatic rings. The molecule has 0 aliphatic heterocycles. The van der Waals surface area contributed by atoms with E-state index in [0.717, 1.165) is 12.1 Å². The average Bonchev–Trinajstić information content (AvgIpc) is 2.27. The third-order valence-electron chi connectivity index (χ3n) is 2.50. The van der Waals surface area contributed by atoms with Crippen LogP contribution in [0.25, 0.3) is 0 Å². The Labute approximate surface area is 114 Å². The standard InChI is InChI=1S/C11H12BrFN2O2S/c1-3-11(2,7-14)15-18(16,17)10-5-4-8(12)6-9(10)13/h4-6,15H,3H2,1-2H3. The molecular weight excluding hydrogens is 323 g/mol. The molecule has 7 heteroatoms. The first-order valence-corrected chi connectivity index (χ1v) is 7.42. The van der Waals surface area contributed by atoms with Crippen LogP contribution in [0, 0.1) is 17.1 Å². The van der Waals surface area contributed by atoms with Crippen LogP contribution in [0.3, 0.4) is 0 Å². The van der Waals surface area contributed by atoms with Gasteiger partial charge in [-0.05, 0) is 31.5 Å². The predicted molar refractivity (Wildman–Crippen MR) is 68.7 cm³/mol. The molecule has 0 saturated carbocycles.